The number of hydrogen-bond acceptors (Lipinski definition) is 6. The van der Waals surface area contributed by atoms with Crippen LogP contribution in [0.2, 0.25) is 5.02 Å². The number of carbonyl (C=O) groups is 1. The normalized spacial score (nSPS) is 11.7. The van der Waals surface area contributed by atoms with Crippen molar-refractivity contribution in [2.24, 2.45) is 0 Å². The standard InChI is InChI=1S/C26H18ClF3N4O3/c1-2-36-18-7-8-20-19(13-18)21(22(35)25-33-32-24(37-25)16-9-11-31-12-10-16)23(26(28,29)30)34(20)14-15-3-5-17(27)6-4-15/h3-13H,2,14H2,1H3. The highest BCUT2D eigenvalue weighted by molar-refractivity contribution is 6.30. The summed E-state index contributed by atoms with van der Waals surface area (Å²) in [6, 6.07) is 14.1. The molecule has 3 heterocycles. The van der Waals surface area contributed by atoms with Gasteiger partial charge in [-0.05, 0) is 55.0 Å². The Morgan fingerprint density at radius 1 is 1.05 bits per heavy atom. The van der Waals surface area contributed by atoms with Gasteiger partial charge in [-0.15, -0.1) is 10.2 Å². The Balaban J connectivity index is 1.71. The third kappa shape index (κ3) is 4.79. The predicted octanol–water partition coefficient (Wildman–Crippen LogP) is 6.44. The summed E-state index contributed by atoms with van der Waals surface area (Å²) in [5, 5.41) is 8.11. The van der Waals surface area contributed by atoms with Crippen LogP contribution in [0.3, 0.4) is 0 Å². The first-order chi connectivity index (χ1) is 17.8. The van der Waals surface area contributed by atoms with Crippen molar-refractivity contribution in [1.82, 2.24) is 19.7 Å². The lowest BCUT2D eigenvalue weighted by Gasteiger charge is -2.14. The number of rotatable bonds is 7. The topological polar surface area (TPSA) is 83.0 Å². The van der Waals surface area contributed by atoms with E-state index in [9.17, 15) is 18.0 Å². The maximum Gasteiger partial charge on any atom is 0.432 e. The van der Waals surface area contributed by atoms with E-state index in [1.54, 1.807) is 49.4 Å². The Kier molecular flexibility index (Phi) is 6.43. The Morgan fingerprint density at radius 2 is 1.78 bits per heavy atom. The van der Waals surface area contributed by atoms with Crippen LogP contribution in [0.4, 0.5) is 13.2 Å². The van der Waals surface area contributed by atoms with Gasteiger partial charge in [0.1, 0.15) is 11.4 Å². The van der Waals surface area contributed by atoms with E-state index >= 15 is 0 Å². The Labute approximate surface area is 213 Å². The van der Waals surface area contributed by atoms with Crippen LogP contribution in [0.1, 0.15) is 34.4 Å². The average molecular weight is 527 g/mol. The van der Waals surface area contributed by atoms with Crippen molar-refractivity contribution in [3.63, 3.8) is 0 Å². The zero-order valence-corrected chi connectivity index (χ0v) is 20.0. The highest BCUT2D eigenvalue weighted by atomic mass is 35.5. The second kappa shape index (κ2) is 9.70. The summed E-state index contributed by atoms with van der Waals surface area (Å²) in [6.45, 7) is 1.89. The van der Waals surface area contributed by atoms with Gasteiger partial charge in [0.05, 0.1) is 12.2 Å². The summed E-state index contributed by atoms with van der Waals surface area (Å²) in [4.78, 5) is 17.5. The average Bonchev–Trinajstić information content (AvgIpc) is 3.49. The summed E-state index contributed by atoms with van der Waals surface area (Å²) >= 11 is 5.95. The highest BCUT2D eigenvalue weighted by Gasteiger charge is 2.42. The molecule has 0 spiro atoms. The predicted molar refractivity (Wildman–Crippen MR) is 130 cm³/mol. The van der Waals surface area contributed by atoms with Crippen LogP contribution < -0.4 is 4.74 Å². The molecule has 0 fully saturated rings. The van der Waals surface area contributed by atoms with Gasteiger partial charge in [-0.1, -0.05) is 23.7 Å². The maximum atomic E-state index is 14.6. The Morgan fingerprint density at radius 3 is 2.46 bits per heavy atom. The van der Waals surface area contributed by atoms with Gasteiger partial charge in [-0.25, -0.2) is 0 Å². The molecule has 0 saturated heterocycles. The monoisotopic (exact) mass is 526 g/mol. The van der Waals surface area contributed by atoms with E-state index in [0.717, 1.165) is 4.57 Å². The smallest absolute Gasteiger partial charge is 0.432 e. The van der Waals surface area contributed by atoms with Crippen LogP contribution in [-0.4, -0.2) is 32.1 Å². The van der Waals surface area contributed by atoms with E-state index in [1.165, 1.54) is 24.5 Å². The van der Waals surface area contributed by atoms with Gasteiger partial charge < -0.3 is 13.7 Å². The molecule has 188 valence electrons. The molecule has 3 aromatic heterocycles. The first kappa shape index (κ1) is 24.5. The van der Waals surface area contributed by atoms with Crippen LogP contribution in [0.5, 0.6) is 5.75 Å². The fraction of sp³-hybridized carbons (Fsp3) is 0.154. The molecule has 0 atom stereocenters. The number of nitrogens with zero attached hydrogens (tertiary/aromatic N) is 4. The lowest BCUT2D eigenvalue weighted by atomic mass is 10.1. The molecule has 37 heavy (non-hydrogen) atoms. The van der Waals surface area contributed by atoms with Gasteiger partial charge in [0.25, 0.3) is 11.7 Å². The minimum Gasteiger partial charge on any atom is -0.494 e. The number of benzene rings is 2. The van der Waals surface area contributed by atoms with Crippen molar-refractivity contribution >= 4 is 28.3 Å². The van der Waals surface area contributed by atoms with Crippen LogP contribution in [-0.2, 0) is 12.7 Å². The van der Waals surface area contributed by atoms with Crippen molar-refractivity contribution in [3.05, 3.63) is 94.7 Å². The number of pyridine rings is 1. The van der Waals surface area contributed by atoms with E-state index in [1.807, 2.05) is 0 Å². The second-order valence-electron chi connectivity index (χ2n) is 8.02. The number of aromatic nitrogens is 4. The fourth-order valence-corrected chi connectivity index (χ4v) is 4.21. The van der Waals surface area contributed by atoms with Crippen molar-refractivity contribution in [2.45, 2.75) is 19.6 Å². The van der Waals surface area contributed by atoms with Gasteiger partial charge in [0.2, 0.25) is 5.89 Å². The first-order valence-corrected chi connectivity index (χ1v) is 11.5. The third-order valence-corrected chi connectivity index (χ3v) is 5.89. The molecule has 0 unspecified atom stereocenters. The van der Waals surface area contributed by atoms with Gasteiger partial charge in [0, 0.05) is 40.4 Å². The van der Waals surface area contributed by atoms with Gasteiger partial charge >= 0.3 is 6.18 Å². The molecule has 0 aliphatic carbocycles. The molecule has 5 aromatic rings. The van der Waals surface area contributed by atoms with Crippen molar-refractivity contribution in [1.29, 1.82) is 0 Å². The zero-order chi connectivity index (χ0) is 26.2. The minimum atomic E-state index is -4.88. The lowest BCUT2D eigenvalue weighted by Crippen LogP contribution is -2.19. The molecule has 2 aromatic carbocycles. The number of alkyl halides is 3. The number of halogens is 4. The lowest BCUT2D eigenvalue weighted by molar-refractivity contribution is -0.143. The van der Waals surface area contributed by atoms with Crippen LogP contribution in [0.15, 0.2) is 71.4 Å². The van der Waals surface area contributed by atoms with Crippen LogP contribution >= 0.6 is 11.6 Å². The molecule has 0 N–H and O–H groups in total. The van der Waals surface area contributed by atoms with Crippen LogP contribution in [0, 0.1) is 0 Å². The molecular formula is C26H18ClF3N4O3. The summed E-state index contributed by atoms with van der Waals surface area (Å²) in [6.07, 6.45) is -1.90. The summed E-state index contributed by atoms with van der Waals surface area (Å²) in [7, 11) is 0. The number of fused-ring (bicyclic) bond motifs is 1. The molecule has 0 aliphatic rings. The third-order valence-electron chi connectivity index (χ3n) is 5.64. The van der Waals surface area contributed by atoms with Gasteiger partial charge in [0.15, 0.2) is 0 Å². The molecular weight excluding hydrogens is 509 g/mol. The van der Waals surface area contributed by atoms with Crippen LogP contribution in [0.25, 0.3) is 22.4 Å². The maximum absolute atomic E-state index is 14.6. The van der Waals surface area contributed by atoms with Gasteiger partial charge in [-0.2, -0.15) is 13.2 Å². The number of ketones is 1. The number of hydrogen-bond donors (Lipinski definition) is 0. The largest absolute Gasteiger partial charge is 0.494 e. The van der Waals surface area contributed by atoms with E-state index < -0.39 is 29.1 Å². The van der Waals surface area contributed by atoms with Crippen molar-refractivity contribution < 1.29 is 27.1 Å². The Bertz CT molecular complexity index is 1580. The molecule has 7 nitrogen and oxygen atoms in total. The second-order valence-corrected chi connectivity index (χ2v) is 8.46. The molecule has 0 bridgehead atoms. The van der Waals surface area contributed by atoms with E-state index in [2.05, 4.69) is 15.2 Å². The molecule has 0 saturated carbocycles. The first-order valence-electron chi connectivity index (χ1n) is 11.2. The highest BCUT2D eigenvalue weighted by Crippen LogP contribution is 2.41. The fourth-order valence-electron chi connectivity index (χ4n) is 4.08. The molecule has 11 heteroatoms. The molecule has 0 radical (unpaired) electrons. The summed E-state index contributed by atoms with van der Waals surface area (Å²) in [5.41, 5.74) is -0.482. The van der Waals surface area contributed by atoms with Crippen molar-refractivity contribution in [2.75, 3.05) is 6.61 Å². The van der Waals surface area contributed by atoms with E-state index in [0.29, 0.717) is 28.5 Å². The molecule has 5 rings (SSSR count). The Hall–Kier alpha value is -4.18. The van der Waals surface area contributed by atoms with E-state index in [-0.39, 0.29) is 23.3 Å². The molecule has 0 amide bonds. The van der Waals surface area contributed by atoms with Gasteiger partial charge in [-0.3, -0.25) is 9.78 Å². The minimum absolute atomic E-state index is 0.0146. The van der Waals surface area contributed by atoms with E-state index in [4.69, 9.17) is 20.8 Å². The molecule has 0 aliphatic heterocycles. The zero-order valence-electron chi connectivity index (χ0n) is 19.3. The van der Waals surface area contributed by atoms with Crippen molar-refractivity contribution in [3.8, 4) is 17.2 Å². The summed E-state index contributed by atoms with van der Waals surface area (Å²) < 4.78 is 55.9. The summed E-state index contributed by atoms with van der Waals surface area (Å²) in [5.74, 6) is -1.30. The number of ether oxygens (including phenoxy) is 1. The quantitative estimate of drug-likeness (QED) is 0.227. The number of carbonyl (C=O) groups excluding carboxylic acids is 1. The SMILES string of the molecule is CCOc1ccc2c(c1)c(C(=O)c1nnc(-c3ccncc3)o1)c(C(F)(F)F)n2Cc1ccc(Cl)cc1.